The van der Waals surface area contributed by atoms with Crippen LogP contribution in [0.2, 0.25) is 5.02 Å². The molecule has 0 saturated carbocycles. The van der Waals surface area contributed by atoms with Crippen LogP contribution in [0.5, 0.6) is 0 Å². The van der Waals surface area contributed by atoms with Crippen molar-refractivity contribution >= 4 is 63.0 Å². The number of hydrogen-bond donors (Lipinski definition) is 5. The molecule has 3 heterocycles. The number of nitrogens with two attached hydrogens (primary N) is 1. The zero-order valence-corrected chi connectivity index (χ0v) is 24.1. The first-order valence-corrected chi connectivity index (χ1v) is 14.8. The number of carbonyl (C=O) groups is 2. The number of urea groups is 1. The number of rotatable bonds is 3. The number of aldehydes is 1. The van der Waals surface area contributed by atoms with Crippen LogP contribution >= 0.6 is 11.6 Å². The molecule has 0 aliphatic carbocycles. The summed E-state index contributed by atoms with van der Waals surface area (Å²) in [4.78, 5) is 30.3. The highest BCUT2D eigenvalue weighted by Gasteiger charge is 2.26. The number of aromatic nitrogens is 2. The Balaban J connectivity index is 0.000000641. The fraction of sp³-hybridized carbons (Fsp3) is 0.308. The molecular formula is C26H28ClF3N8O4S. The van der Waals surface area contributed by atoms with E-state index in [9.17, 15) is 26.4 Å². The summed E-state index contributed by atoms with van der Waals surface area (Å²) in [6, 6.07) is 13.2. The number of piperidine rings is 1. The summed E-state index contributed by atoms with van der Waals surface area (Å²) >= 11 is 6.34. The molecule has 6 N–H and O–H groups in total. The third-order valence-electron chi connectivity index (χ3n) is 6.51. The second-order valence-corrected chi connectivity index (χ2v) is 11.6. The van der Waals surface area contributed by atoms with Crippen LogP contribution in [0.1, 0.15) is 24.0 Å². The number of anilines is 5. The zero-order valence-electron chi connectivity index (χ0n) is 22.5. The first-order valence-electron chi connectivity index (χ1n) is 13.0. The van der Waals surface area contributed by atoms with Crippen molar-refractivity contribution in [3.63, 3.8) is 0 Å². The van der Waals surface area contributed by atoms with E-state index in [1.54, 1.807) is 0 Å². The number of hydrogen-bond acceptors (Lipinski definition) is 8. The molecule has 43 heavy (non-hydrogen) atoms. The highest BCUT2D eigenvalue weighted by molar-refractivity contribution is 7.86. The van der Waals surface area contributed by atoms with Crippen molar-refractivity contribution in [1.29, 1.82) is 0 Å². The summed E-state index contributed by atoms with van der Waals surface area (Å²) in [5.41, 5.74) is 4.38. The van der Waals surface area contributed by atoms with Gasteiger partial charge in [-0.05, 0) is 67.1 Å². The average Bonchev–Trinajstić information content (AvgIpc) is 2.95. The predicted molar refractivity (Wildman–Crippen MR) is 156 cm³/mol. The maximum atomic E-state index is 12.8. The molecule has 1 saturated heterocycles. The van der Waals surface area contributed by atoms with Gasteiger partial charge >= 0.3 is 12.2 Å². The van der Waals surface area contributed by atoms with Gasteiger partial charge in [-0.1, -0.05) is 23.7 Å². The van der Waals surface area contributed by atoms with Gasteiger partial charge in [-0.15, -0.1) is 0 Å². The lowest BCUT2D eigenvalue weighted by atomic mass is 10.0. The SMILES string of the molecule is NS(=O)(=O)N1CCC(NC(=O)Nc2ccc3cc2CCc2cccc(c2)Nc2ncc(Cl)c(n2)N3)CC1.O=CC(F)(F)F. The molecule has 5 rings (SSSR count). The highest BCUT2D eigenvalue weighted by atomic mass is 35.5. The molecule has 2 aliphatic heterocycles. The number of amides is 2. The molecule has 1 fully saturated rings. The fourth-order valence-electron chi connectivity index (χ4n) is 4.46. The molecule has 0 spiro atoms. The summed E-state index contributed by atoms with van der Waals surface area (Å²) in [5, 5.41) is 17.9. The molecule has 2 aliphatic rings. The minimum absolute atomic E-state index is 0.145. The molecular weight excluding hydrogens is 613 g/mol. The van der Waals surface area contributed by atoms with Crippen LogP contribution in [-0.4, -0.2) is 60.3 Å². The summed E-state index contributed by atoms with van der Waals surface area (Å²) < 4.78 is 55.5. The molecule has 12 nitrogen and oxygen atoms in total. The number of alkyl halides is 3. The van der Waals surface area contributed by atoms with Gasteiger partial charge < -0.3 is 21.3 Å². The Morgan fingerprint density at radius 2 is 1.79 bits per heavy atom. The monoisotopic (exact) mass is 640 g/mol. The Bertz CT molecular complexity index is 1580. The number of benzene rings is 2. The van der Waals surface area contributed by atoms with Crippen molar-refractivity contribution in [2.24, 2.45) is 5.14 Å². The van der Waals surface area contributed by atoms with Gasteiger partial charge in [-0.3, -0.25) is 4.79 Å². The molecule has 0 radical (unpaired) electrons. The average molecular weight is 641 g/mol. The van der Waals surface area contributed by atoms with Gasteiger partial charge in [-0.25, -0.2) is 14.9 Å². The van der Waals surface area contributed by atoms with Crippen molar-refractivity contribution < 1.29 is 31.2 Å². The van der Waals surface area contributed by atoms with E-state index in [-0.39, 0.29) is 25.2 Å². The van der Waals surface area contributed by atoms with E-state index >= 15 is 0 Å². The minimum atomic E-state index is -4.64. The lowest BCUT2D eigenvalue weighted by Gasteiger charge is -2.30. The molecule has 0 atom stereocenters. The van der Waals surface area contributed by atoms with E-state index in [0.717, 1.165) is 28.9 Å². The molecule has 2 aromatic carbocycles. The standard InChI is InChI=1S/C24H27ClN8O3S.C2HF3O/c25-20-14-27-23-29-18-3-1-2-15(12-18)4-5-16-13-19(28-22(20)32-23)6-7-21(16)31-24(34)30-17-8-10-33(11-9-17)37(26,35)36;3-2(4,5)1-6/h1-3,6-7,12-14,17H,4-5,8-11H2,(H2,26,35,36)(H2,30,31,34)(H2,27,28,29,32);1H. The second kappa shape index (κ2) is 13.5. The molecule has 17 heteroatoms. The topological polar surface area (TPSA) is 171 Å². The molecule has 2 amide bonds. The van der Waals surface area contributed by atoms with Gasteiger partial charge in [-0.2, -0.15) is 30.9 Å². The third-order valence-corrected chi connectivity index (χ3v) is 7.87. The summed E-state index contributed by atoms with van der Waals surface area (Å²) in [6.07, 6.45) is -1.75. The first kappa shape index (κ1) is 31.9. The highest BCUT2D eigenvalue weighted by Crippen LogP contribution is 2.29. The molecule has 230 valence electrons. The van der Waals surface area contributed by atoms with Crippen LogP contribution in [0.25, 0.3) is 0 Å². The molecule has 6 bridgehead atoms. The van der Waals surface area contributed by atoms with Crippen molar-refractivity contribution in [3.05, 3.63) is 64.8 Å². The third kappa shape index (κ3) is 9.51. The van der Waals surface area contributed by atoms with Crippen LogP contribution < -0.4 is 26.4 Å². The van der Waals surface area contributed by atoms with Gasteiger partial charge in [0.2, 0.25) is 12.2 Å². The summed E-state index contributed by atoms with van der Waals surface area (Å²) in [5.74, 6) is 0.887. The fourth-order valence-corrected chi connectivity index (χ4v) is 5.32. The van der Waals surface area contributed by atoms with Crippen LogP contribution in [0.15, 0.2) is 48.7 Å². The van der Waals surface area contributed by atoms with Crippen molar-refractivity contribution in [2.75, 3.05) is 29.0 Å². The number of aryl methyl sites for hydroxylation is 2. The van der Waals surface area contributed by atoms with Gasteiger partial charge in [0.15, 0.2) is 5.82 Å². The molecule has 0 unspecified atom stereocenters. The first-order chi connectivity index (χ1) is 20.3. The quantitative estimate of drug-likeness (QED) is 0.264. The van der Waals surface area contributed by atoms with Gasteiger partial charge in [0, 0.05) is 36.2 Å². The van der Waals surface area contributed by atoms with Crippen LogP contribution in [-0.2, 0) is 27.8 Å². The Morgan fingerprint density at radius 3 is 2.47 bits per heavy atom. The number of halogens is 4. The Labute approximate surface area is 250 Å². The van der Waals surface area contributed by atoms with E-state index in [4.69, 9.17) is 21.5 Å². The number of nitrogens with one attached hydrogen (secondary N) is 4. The van der Waals surface area contributed by atoms with E-state index < -0.39 is 22.7 Å². The molecule has 3 aromatic rings. The molecule has 1 aromatic heterocycles. The lowest BCUT2D eigenvalue weighted by molar-refractivity contribution is -0.156. The smallest absolute Gasteiger partial charge is 0.339 e. The number of nitrogens with zero attached hydrogens (tertiary/aromatic N) is 3. The van der Waals surface area contributed by atoms with E-state index in [2.05, 4.69) is 37.3 Å². The van der Waals surface area contributed by atoms with E-state index in [0.29, 0.717) is 41.7 Å². The predicted octanol–water partition coefficient (Wildman–Crippen LogP) is 4.25. The number of carbonyl (C=O) groups excluding carboxylic acids is 2. The Kier molecular flexibility index (Phi) is 10.1. The maximum Gasteiger partial charge on any atom is 0.446 e. The van der Waals surface area contributed by atoms with Crippen LogP contribution in [0, 0.1) is 0 Å². The van der Waals surface area contributed by atoms with E-state index in [1.165, 1.54) is 10.5 Å². The Morgan fingerprint density at radius 1 is 1.09 bits per heavy atom. The lowest BCUT2D eigenvalue weighted by Crippen LogP contribution is -2.49. The van der Waals surface area contributed by atoms with Gasteiger partial charge in [0.1, 0.15) is 5.02 Å². The summed E-state index contributed by atoms with van der Waals surface area (Å²) in [6.45, 7) is 0.549. The van der Waals surface area contributed by atoms with E-state index in [1.807, 2.05) is 36.4 Å². The van der Waals surface area contributed by atoms with Crippen molar-refractivity contribution in [1.82, 2.24) is 19.6 Å². The normalized spacial score (nSPS) is 15.6. The van der Waals surface area contributed by atoms with Crippen LogP contribution in [0.4, 0.5) is 46.8 Å². The maximum absolute atomic E-state index is 12.8. The van der Waals surface area contributed by atoms with Gasteiger partial charge in [0.05, 0.1) is 6.20 Å². The zero-order chi connectivity index (χ0) is 31.2. The van der Waals surface area contributed by atoms with Crippen LogP contribution in [0.3, 0.4) is 0 Å². The summed E-state index contributed by atoms with van der Waals surface area (Å²) in [7, 11) is -3.71. The Hall–Kier alpha value is -3.99. The number of fused-ring (bicyclic) bond motifs is 6. The minimum Gasteiger partial charge on any atom is -0.339 e. The second-order valence-electron chi connectivity index (χ2n) is 9.69. The van der Waals surface area contributed by atoms with Gasteiger partial charge in [0.25, 0.3) is 10.2 Å². The van der Waals surface area contributed by atoms with Crippen molar-refractivity contribution in [2.45, 2.75) is 37.9 Å². The largest absolute Gasteiger partial charge is 0.446 e. The van der Waals surface area contributed by atoms with Crippen molar-refractivity contribution in [3.8, 4) is 0 Å².